The van der Waals surface area contributed by atoms with E-state index >= 15 is 0 Å². The van der Waals surface area contributed by atoms with Gasteiger partial charge < -0.3 is 18.9 Å². The summed E-state index contributed by atoms with van der Waals surface area (Å²) in [5, 5.41) is 0. The lowest BCUT2D eigenvalue weighted by Gasteiger charge is -2.23. The quantitative estimate of drug-likeness (QED) is 0.566. The van der Waals surface area contributed by atoms with E-state index in [-0.39, 0.29) is 23.9 Å². The van der Waals surface area contributed by atoms with Crippen LogP contribution < -0.4 is 15.0 Å². The summed E-state index contributed by atoms with van der Waals surface area (Å²) in [6, 6.07) is 20.0. The van der Waals surface area contributed by atoms with E-state index in [9.17, 15) is 4.79 Å². The summed E-state index contributed by atoms with van der Waals surface area (Å²) in [6.45, 7) is 1.59. The fraction of sp³-hybridized carbons (Fsp3) is 0.360. The Labute approximate surface area is 186 Å². The van der Waals surface area contributed by atoms with Crippen molar-refractivity contribution in [2.24, 2.45) is 0 Å². The summed E-state index contributed by atoms with van der Waals surface area (Å²) in [5.41, 5.74) is 2.69. The molecule has 7 nitrogen and oxygen atoms in total. The van der Waals surface area contributed by atoms with E-state index in [1.807, 2.05) is 47.0 Å². The third-order valence-corrected chi connectivity index (χ3v) is 5.92. The molecule has 0 N–H and O–H groups in total. The zero-order valence-electron chi connectivity index (χ0n) is 18.0. The van der Waals surface area contributed by atoms with E-state index in [0.29, 0.717) is 25.8 Å². The largest absolute Gasteiger partial charge is 0.490 e. The molecule has 7 heteroatoms. The zero-order valence-corrected chi connectivity index (χ0v) is 18.0. The van der Waals surface area contributed by atoms with Gasteiger partial charge in [0.2, 0.25) is 0 Å². The van der Waals surface area contributed by atoms with Gasteiger partial charge in [0.05, 0.1) is 18.3 Å². The van der Waals surface area contributed by atoms with Gasteiger partial charge in [-0.1, -0.05) is 42.5 Å². The molecule has 1 aromatic heterocycles. The SMILES string of the molecule is COC(c1cc(=O)nc2n1CC(COc1ccc(-c3ccccc3)cc1)O2)C1CCCO1. The summed E-state index contributed by atoms with van der Waals surface area (Å²) in [5.74, 6) is 0.765. The molecule has 0 bridgehead atoms. The molecule has 3 atom stereocenters. The van der Waals surface area contributed by atoms with Crippen molar-refractivity contribution in [1.82, 2.24) is 9.55 Å². The topological polar surface area (TPSA) is 71.8 Å². The minimum absolute atomic E-state index is 0.0724. The first-order valence-corrected chi connectivity index (χ1v) is 10.9. The lowest BCUT2D eigenvalue weighted by Crippen LogP contribution is -2.26. The van der Waals surface area contributed by atoms with Crippen LogP contribution >= 0.6 is 0 Å². The number of nitrogens with zero attached hydrogens (tertiary/aromatic N) is 2. The van der Waals surface area contributed by atoms with Crippen LogP contribution in [0.3, 0.4) is 0 Å². The van der Waals surface area contributed by atoms with E-state index in [0.717, 1.165) is 35.4 Å². The van der Waals surface area contributed by atoms with Gasteiger partial charge in [0.1, 0.15) is 18.5 Å². The van der Waals surface area contributed by atoms with E-state index < -0.39 is 0 Å². The van der Waals surface area contributed by atoms with E-state index in [2.05, 4.69) is 17.1 Å². The second-order valence-electron chi connectivity index (χ2n) is 8.06. The first-order chi connectivity index (χ1) is 15.7. The molecular formula is C25H26N2O5. The Morgan fingerprint density at radius 1 is 1.12 bits per heavy atom. The molecule has 2 aliphatic rings. The second-order valence-corrected chi connectivity index (χ2v) is 8.06. The molecule has 3 aromatic rings. The summed E-state index contributed by atoms with van der Waals surface area (Å²) in [4.78, 5) is 16.2. The fourth-order valence-corrected chi connectivity index (χ4v) is 4.36. The van der Waals surface area contributed by atoms with Crippen molar-refractivity contribution in [3.63, 3.8) is 0 Å². The lowest BCUT2D eigenvalue weighted by molar-refractivity contribution is -0.0324. The molecule has 2 aromatic carbocycles. The predicted octanol–water partition coefficient (Wildman–Crippen LogP) is 3.62. The van der Waals surface area contributed by atoms with Crippen molar-refractivity contribution in [2.45, 2.75) is 37.7 Å². The molecule has 0 saturated carbocycles. The van der Waals surface area contributed by atoms with Gasteiger partial charge in [-0.2, -0.15) is 4.98 Å². The molecule has 1 fully saturated rings. The Kier molecular flexibility index (Phi) is 5.92. The molecule has 0 aliphatic carbocycles. The average Bonchev–Trinajstić information content (AvgIpc) is 3.49. The molecule has 3 unspecified atom stereocenters. The molecule has 3 heterocycles. The number of rotatable bonds is 7. The van der Waals surface area contributed by atoms with Crippen LogP contribution in [0.25, 0.3) is 11.1 Å². The number of methoxy groups -OCH3 is 1. The second kappa shape index (κ2) is 9.14. The smallest absolute Gasteiger partial charge is 0.300 e. The summed E-state index contributed by atoms with van der Waals surface area (Å²) in [7, 11) is 1.64. The Morgan fingerprint density at radius 2 is 1.91 bits per heavy atom. The molecule has 0 radical (unpaired) electrons. The van der Waals surface area contributed by atoms with Crippen molar-refractivity contribution in [2.75, 3.05) is 20.3 Å². The fourth-order valence-electron chi connectivity index (χ4n) is 4.36. The molecular weight excluding hydrogens is 408 g/mol. The Morgan fingerprint density at radius 3 is 2.62 bits per heavy atom. The van der Waals surface area contributed by atoms with Gasteiger partial charge in [0.25, 0.3) is 5.56 Å². The van der Waals surface area contributed by atoms with E-state index in [1.165, 1.54) is 6.07 Å². The molecule has 1 saturated heterocycles. The first kappa shape index (κ1) is 20.7. The van der Waals surface area contributed by atoms with Crippen molar-refractivity contribution in [3.05, 3.63) is 76.7 Å². The van der Waals surface area contributed by atoms with Crippen LogP contribution in [0, 0.1) is 0 Å². The van der Waals surface area contributed by atoms with Gasteiger partial charge in [0, 0.05) is 19.8 Å². The third kappa shape index (κ3) is 4.26. The van der Waals surface area contributed by atoms with Gasteiger partial charge in [-0.3, -0.25) is 9.36 Å². The predicted molar refractivity (Wildman–Crippen MR) is 119 cm³/mol. The molecule has 0 spiro atoms. The van der Waals surface area contributed by atoms with Crippen molar-refractivity contribution in [1.29, 1.82) is 0 Å². The average molecular weight is 434 g/mol. The van der Waals surface area contributed by atoms with Gasteiger partial charge >= 0.3 is 6.01 Å². The highest BCUT2D eigenvalue weighted by Gasteiger charge is 2.34. The van der Waals surface area contributed by atoms with Crippen LogP contribution in [0.4, 0.5) is 0 Å². The molecule has 0 amide bonds. The molecule has 32 heavy (non-hydrogen) atoms. The highest BCUT2D eigenvalue weighted by molar-refractivity contribution is 5.63. The number of fused-ring (bicyclic) bond motifs is 1. The maximum Gasteiger partial charge on any atom is 0.300 e. The highest BCUT2D eigenvalue weighted by Crippen LogP contribution is 2.32. The highest BCUT2D eigenvalue weighted by atomic mass is 16.6. The number of aromatic nitrogens is 2. The maximum absolute atomic E-state index is 12.2. The first-order valence-electron chi connectivity index (χ1n) is 10.9. The minimum Gasteiger partial charge on any atom is -0.490 e. The normalized spacial score (nSPS) is 20.5. The third-order valence-electron chi connectivity index (χ3n) is 5.92. The summed E-state index contributed by atoms with van der Waals surface area (Å²) in [6.07, 6.45) is 1.23. The molecule has 5 rings (SSSR count). The minimum atomic E-state index is -0.343. The number of hydrogen-bond donors (Lipinski definition) is 0. The lowest BCUT2D eigenvalue weighted by atomic mass is 10.1. The standard InChI is InChI=1S/C25H26N2O5/c1-29-24(22-8-5-13-30-22)21-14-23(28)26-25-27(21)15-20(32-25)16-31-19-11-9-18(10-12-19)17-6-3-2-4-7-17/h2-4,6-7,9-12,14,20,22,24H,5,8,13,15-16H2,1H3. The molecule has 2 aliphatic heterocycles. The maximum atomic E-state index is 12.2. The van der Waals surface area contributed by atoms with Gasteiger partial charge in [-0.15, -0.1) is 0 Å². The van der Waals surface area contributed by atoms with Crippen LogP contribution in [0.2, 0.25) is 0 Å². The number of hydrogen-bond acceptors (Lipinski definition) is 6. The van der Waals surface area contributed by atoms with Gasteiger partial charge in [-0.05, 0) is 36.1 Å². The monoisotopic (exact) mass is 434 g/mol. The Balaban J connectivity index is 1.27. The van der Waals surface area contributed by atoms with Crippen LogP contribution in [0.15, 0.2) is 65.5 Å². The summed E-state index contributed by atoms with van der Waals surface area (Å²) < 4.78 is 25.3. The zero-order chi connectivity index (χ0) is 21.9. The Bertz CT molecular complexity index is 1110. The van der Waals surface area contributed by atoms with Gasteiger partial charge in [0.15, 0.2) is 6.10 Å². The van der Waals surface area contributed by atoms with Crippen LogP contribution in [0.5, 0.6) is 11.8 Å². The van der Waals surface area contributed by atoms with Crippen molar-refractivity contribution in [3.8, 4) is 22.9 Å². The summed E-state index contributed by atoms with van der Waals surface area (Å²) >= 11 is 0. The van der Waals surface area contributed by atoms with E-state index in [4.69, 9.17) is 18.9 Å². The van der Waals surface area contributed by atoms with Crippen LogP contribution in [-0.2, 0) is 16.0 Å². The van der Waals surface area contributed by atoms with Crippen LogP contribution in [-0.4, -0.2) is 42.1 Å². The number of ether oxygens (including phenoxy) is 4. The number of benzene rings is 2. The Hall–Kier alpha value is -3.16. The van der Waals surface area contributed by atoms with Crippen molar-refractivity contribution >= 4 is 0 Å². The van der Waals surface area contributed by atoms with Crippen LogP contribution in [0.1, 0.15) is 24.6 Å². The van der Waals surface area contributed by atoms with E-state index in [1.54, 1.807) is 7.11 Å². The molecule has 166 valence electrons. The van der Waals surface area contributed by atoms with Crippen molar-refractivity contribution < 1.29 is 18.9 Å². The van der Waals surface area contributed by atoms with Gasteiger partial charge in [-0.25, -0.2) is 0 Å².